The van der Waals surface area contributed by atoms with E-state index in [4.69, 9.17) is 6.57 Å². The Hall–Kier alpha value is -1.82. The van der Waals surface area contributed by atoms with Crippen LogP contribution in [0.25, 0.3) is 4.85 Å². The number of amides is 1. The molecule has 0 heterocycles. The van der Waals surface area contributed by atoms with Crippen LogP contribution in [0.15, 0.2) is 24.3 Å². The van der Waals surface area contributed by atoms with E-state index >= 15 is 0 Å². The molecule has 0 unspecified atom stereocenters. The third-order valence-electron chi connectivity index (χ3n) is 5.07. The van der Waals surface area contributed by atoms with Crippen molar-refractivity contribution in [2.45, 2.75) is 90.9 Å². The molecule has 0 aromatic heterocycles. The summed E-state index contributed by atoms with van der Waals surface area (Å²) in [6.07, 6.45) is 14.8. The van der Waals surface area contributed by atoms with Gasteiger partial charge in [0, 0.05) is 18.7 Å². The van der Waals surface area contributed by atoms with Crippen LogP contribution >= 0.6 is 0 Å². The van der Waals surface area contributed by atoms with Gasteiger partial charge in [0.2, 0.25) is 0 Å². The van der Waals surface area contributed by atoms with E-state index < -0.39 is 0 Å². The van der Waals surface area contributed by atoms with Crippen molar-refractivity contribution in [3.63, 3.8) is 0 Å². The van der Waals surface area contributed by atoms with Crippen LogP contribution in [-0.4, -0.2) is 23.9 Å². The molecule has 0 radical (unpaired) electrons. The summed E-state index contributed by atoms with van der Waals surface area (Å²) in [5, 5.41) is 0. The topological polar surface area (TPSA) is 24.7 Å². The van der Waals surface area contributed by atoms with Crippen molar-refractivity contribution in [2.75, 3.05) is 13.1 Å². The zero-order valence-electron chi connectivity index (χ0n) is 17.5. The van der Waals surface area contributed by atoms with Crippen molar-refractivity contribution in [1.82, 2.24) is 4.90 Å². The van der Waals surface area contributed by atoms with Crippen LogP contribution in [0.1, 0.15) is 101 Å². The summed E-state index contributed by atoms with van der Waals surface area (Å²) in [7, 11) is 0. The molecule has 0 aliphatic heterocycles. The predicted octanol–water partition coefficient (Wildman–Crippen LogP) is 7.40. The lowest BCUT2D eigenvalue weighted by molar-refractivity contribution is 0.0749. The van der Waals surface area contributed by atoms with Gasteiger partial charge in [-0.2, -0.15) is 0 Å². The molecule has 0 spiro atoms. The summed E-state index contributed by atoms with van der Waals surface area (Å²) < 4.78 is 0. The minimum Gasteiger partial charge on any atom is -0.339 e. The number of carbonyl (C=O) groups is 1. The normalized spacial score (nSPS) is 10.6. The van der Waals surface area contributed by atoms with E-state index in [1.54, 1.807) is 12.1 Å². The summed E-state index contributed by atoms with van der Waals surface area (Å²) in [6.45, 7) is 13.3. The molecule has 1 aromatic carbocycles. The van der Waals surface area contributed by atoms with Crippen molar-refractivity contribution >= 4 is 11.6 Å². The first-order valence-corrected chi connectivity index (χ1v) is 11.0. The average molecular weight is 371 g/mol. The fourth-order valence-corrected chi connectivity index (χ4v) is 3.37. The van der Waals surface area contributed by atoms with Crippen LogP contribution in [0.2, 0.25) is 0 Å². The second-order valence-corrected chi connectivity index (χ2v) is 7.49. The number of carbonyl (C=O) groups excluding carboxylic acids is 1. The van der Waals surface area contributed by atoms with Crippen molar-refractivity contribution in [2.24, 2.45) is 0 Å². The maximum atomic E-state index is 13.0. The Labute approximate surface area is 167 Å². The highest BCUT2D eigenvalue weighted by molar-refractivity contribution is 5.95. The number of unbranched alkanes of at least 4 members (excludes halogenated alkanes) is 10. The summed E-state index contributed by atoms with van der Waals surface area (Å²) in [6, 6.07) is 7.14. The first-order valence-electron chi connectivity index (χ1n) is 11.0. The molecule has 0 saturated heterocycles. The van der Waals surface area contributed by atoms with E-state index in [9.17, 15) is 4.79 Å². The molecule has 0 aliphatic rings. The van der Waals surface area contributed by atoms with E-state index in [0.29, 0.717) is 11.3 Å². The van der Waals surface area contributed by atoms with Crippen LogP contribution < -0.4 is 0 Å². The highest BCUT2D eigenvalue weighted by atomic mass is 16.2. The van der Waals surface area contributed by atoms with Crippen molar-refractivity contribution < 1.29 is 4.79 Å². The predicted molar refractivity (Wildman–Crippen MR) is 115 cm³/mol. The van der Waals surface area contributed by atoms with Gasteiger partial charge >= 0.3 is 0 Å². The third-order valence-corrected chi connectivity index (χ3v) is 5.07. The number of hydrogen-bond donors (Lipinski definition) is 0. The van der Waals surface area contributed by atoms with Gasteiger partial charge in [-0.1, -0.05) is 96.3 Å². The lowest BCUT2D eigenvalue weighted by Crippen LogP contribution is -2.33. The maximum absolute atomic E-state index is 13.0. The Morgan fingerprint density at radius 2 is 1.37 bits per heavy atom. The van der Waals surface area contributed by atoms with E-state index in [2.05, 4.69) is 18.7 Å². The van der Waals surface area contributed by atoms with Crippen molar-refractivity contribution in [3.05, 3.63) is 41.2 Å². The van der Waals surface area contributed by atoms with Gasteiger partial charge in [0.05, 0.1) is 6.57 Å². The van der Waals surface area contributed by atoms with Crippen molar-refractivity contribution in [1.29, 1.82) is 0 Å². The first-order chi connectivity index (χ1) is 13.2. The largest absolute Gasteiger partial charge is 0.339 e. The summed E-state index contributed by atoms with van der Waals surface area (Å²) >= 11 is 0. The molecular weight excluding hydrogens is 332 g/mol. The highest BCUT2D eigenvalue weighted by Gasteiger charge is 2.15. The molecule has 0 fully saturated rings. The van der Waals surface area contributed by atoms with E-state index in [1.807, 2.05) is 17.0 Å². The molecule has 1 aromatic rings. The molecule has 150 valence electrons. The quantitative estimate of drug-likeness (QED) is 0.233. The lowest BCUT2D eigenvalue weighted by Gasteiger charge is -2.23. The molecule has 0 N–H and O–H groups in total. The Morgan fingerprint density at radius 3 is 1.89 bits per heavy atom. The molecule has 3 nitrogen and oxygen atoms in total. The van der Waals surface area contributed by atoms with Crippen LogP contribution in [-0.2, 0) is 0 Å². The monoisotopic (exact) mass is 370 g/mol. The van der Waals surface area contributed by atoms with Gasteiger partial charge in [0.1, 0.15) is 0 Å². The number of hydrogen-bond acceptors (Lipinski definition) is 1. The van der Waals surface area contributed by atoms with Gasteiger partial charge in [-0.3, -0.25) is 4.79 Å². The molecule has 3 heteroatoms. The Morgan fingerprint density at radius 1 is 0.852 bits per heavy atom. The molecule has 0 saturated carbocycles. The second-order valence-electron chi connectivity index (χ2n) is 7.49. The molecule has 1 amide bonds. The average Bonchev–Trinajstić information content (AvgIpc) is 2.71. The maximum Gasteiger partial charge on any atom is 0.252 e. The van der Waals surface area contributed by atoms with E-state index in [-0.39, 0.29) is 5.91 Å². The standard InChI is InChI=1S/C24H38N2O/c1-4-6-8-10-12-14-19-26(20-15-13-11-9-7-5-2)24(27)22-17-16-18-23(21-22)25-3/h16-18,21H,4-15,19-20H2,1-2H3. The third kappa shape index (κ3) is 10.2. The summed E-state index contributed by atoms with van der Waals surface area (Å²) in [5.74, 6) is 0.0858. The first kappa shape index (κ1) is 23.2. The summed E-state index contributed by atoms with van der Waals surface area (Å²) in [4.78, 5) is 18.4. The zero-order valence-corrected chi connectivity index (χ0v) is 17.5. The van der Waals surface area contributed by atoms with Gasteiger partial charge < -0.3 is 4.90 Å². The zero-order chi connectivity index (χ0) is 19.7. The van der Waals surface area contributed by atoms with Crippen LogP contribution in [0, 0.1) is 6.57 Å². The fourth-order valence-electron chi connectivity index (χ4n) is 3.37. The van der Waals surface area contributed by atoms with Gasteiger partial charge in [-0.25, -0.2) is 4.85 Å². The Bertz CT molecular complexity index is 546. The Balaban J connectivity index is 2.54. The molecular formula is C24H38N2O. The van der Waals surface area contributed by atoms with Gasteiger partial charge in [0.25, 0.3) is 5.91 Å². The van der Waals surface area contributed by atoms with Crippen LogP contribution in [0.5, 0.6) is 0 Å². The Kier molecular flexibility index (Phi) is 13.1. The molecule has 0 atom stereocenters. The molecule has 0 bridgehead atoms. The fraction of sp³-hybridized carbons (Fsp3) is 0.667. The van der Waals surface area contributed by atoms with E-state index in [0.717, 1.165) is 25.9 Å². The number of nitrogens with zero attached hydrogens (tertiary/aromatic N) is 2. The van der Waals surface area contributed by atoms with Gasteiger partial charge in [-0.05, 0) is 18.9 Å². The molecule has 0 aliphatic carbocycles. The molecule has 27 heavy (non-hydrogen) atoms. The smallest absolute Gasteiger partial charge is 0.252 e. The highest BCUT2D eigenvalue weighted by Crippen LogP contribution is 2.17. The van der Waals surface area contributed by atoms with Crippen LogP contribution in [0.3, 0.4) is 0 Å². The van der Waals surface area contributed by atoms with Crippen LogP contribution in [0.4, 0.5) is 5.69 Å². The second kappa shape index (κ2) is 15.3. The van der Waals surface area contributed by atoms with Gasteiger partial charge in [-0.15, -0.1) is 0 Å². The molecule has 1 rings (SSSR count). The van der Waals surface area contributed by atoms with Gasteiger partial charge in [0.15, 0.2) is 5.69 Å². The SMILES string of the molecule is [C-]#[N+]c1cccc(C(=O)N(CCCCCCCC)CCCCCCCC)c1. The number of benzene rings is 1. The summed E-state index contributed by atoms with van der Waals surface area (Å²) in [5.41, 5.74) is 1.19. The number of rotatable bonds is 15. The minimum atomic E-state index is 0.0858. The van der Waals surface area contributed by atoms with Crippen molar-refractivity contribution in [3.8, 4) is 0 Å². The van der Waals surface area contributed by atoms with E-state index in [1.165, 1.54) is 64.2 Å². The lowest BCUT2D eigenvalue weighted by atomic mass is 10.1. The minimum absolute atomic E-state index is 0.0858.